The van der Waals surface area contributed by atoms with Crippen molar-refractivity contribution in [2.45, 2.75) is 0 Å². The summed E-state index contributed by atoms with van der Waals surface area (Å²) in [4.78, 5) is 17.8. The smallest absolute Gasteiger partial charge is 0.164 e. The van der Waals surface area contributed by atoms with Gasteiger partial charge in [0.1, 0.15) is 0 Å². The normalized spacial score (nSPS) is 12.0. The number of rotatable bonds is 6. The van der Waals surface area contributed by atoms with Gasteiger partial charge in [0.2, 0.25) is 0 Å². The number of aromatic nitrogens is 3. The summed E-state index contributed by atoms with van der Waals surface area (Å²) in [7, 11) is 0. The second-order valence-electron chi connectivity index (χ2n) is 15.7. The van der Waals surface area contributed by atoms with Crippen LogP contribution in [0.1, 0.15) is 0 Å². The second kappa shape index (κ2) is 14.7. The molecule has 5 heteroatoms. The lowest BCUT2D eigenvalue weighted by Crippen LogP contribution is -2.15. The molecule has 1 aliphatic heterocycles. The summed E-state index contributed by atoms with van der Waals surface area (Å²) >= 11 is 0. The average molecular weight is 793 g/mol. The first-order chi connectivity index (χ1) is 30.7. The van der Waals surface area contributed by atoms with Crippen molar-refractivity contribution < 1.29 is 4.74 Å². The molecule has 12 rings (SSSR count). The molecule has 0 fully saturated rings. The predicted octanol–water partition coefficient (Wildman–Crippen LogP) is 15.2. The van der Waals surface area contributed by atoms with E-state index in [2.05, 4.69) is 181 Å². The van der Waals surface area contributed by atoms with E-state index in [1.165, 1.54) is 26.9 Å². The average Bonchev–Trinajstić information content (AvgIpc) is 3.34. The van der Waals surface area contributed by atoms with Gasteiger partial charge in [-0.2, -0.15) is 0 Å². The van der Waals surface area contributed by atoms with Gasteiger partial charge in [-0.1, -0.05) is 140 Å². The van der Waals surface area contributed by atoms with Crippen molar-refractivity contribution in [3.8, 4) is 67.9 Å². The molecule has 5 nitrogen and oxygen atoms in total. The van der Waals surface area contributed by atoms with Crippen LogP contribution < -0.4 is 9.64 Å². The Morgan fingerprint density at radius 2 is 0.726 bits per heavy atom. The molecule has 2 heterocycles. The van der Waals surface area contributed by atoms with Gasteiger partial charge in [0.25, 0.3) is 0 Å². The Morgan fingerprint density at radius 1 is 0.274 bits per heavy atom. The zero-order chi connectivity index (χ0) is 41.0. The summed E-state index contributed by atoms with van der Waals surface area (Å²) in [6.45, 7) is 0. The van der Waals surface area contributed by atoms with Crippen molar-refractivity contribution in [1.82, 2.24) is 15.0 Å². The first-order valence-electron chi connectivity index (χ1n) is 20.8. The van der Waals surface area contributed by atoms with E-state index in [-0.39, 0.29) is 0 Å². The summed E-state index contributed by atoms with van der Waals surface area (Å²) in [5.74, 6) is 3.51. The molecule has 0 atom stereocenters. The fraction of sp³-hybridized carbons (Fsp3) is 0. The molecule has 1 aromatic heterocycles. The molecule has 0 radical (unpaired) electrons. The van der Waals surface area contributed by atoms with Crippen molar-refractivity contribution in [1.29, 1.82) is 0 Å². The number of nitrogens with zero attached hydrogens (tertiary/aromatic N) is 4. The minimum atomic E-state index is 0.607. The first-order valence-corrected chi connectivity index (χ1v) is 20.8. The third-order valence-corrected chi connectivity index (χ3v) is 11.8. The third kappa shape index (κ3) is 6.40. The Kier molecular flexibility index (Phi) is 8.42. The number of fused-ring (bicyclic) bond motifs is 5. The number of anilines is 3. The van der Waals surface area contributed by atoms with Gasteiger partial charge < -0.3 is 9.64 Å². The van der Waals surface area contributed by atoms with Crippen LogP contribution in [0.4, 0.5) is 17.1 Å². The van der Waals surface area contributed by atoms with Gasteiger partial charge in [-0.25, -0.2) is 15.0 Å². The zero-order valence-electron chi connectivity index (χ0n) is 33.5. The van der Waals surface area contributed by atoms with Gasteiger partial charge in [0.05, 0.1) is 11.4 Å². The summed E-state index contributed by atoms with van der Waals surface area (Å²) in [6, 6.07) is 76.6. The lowest BCUT2D eigenvalue weighted by atomic mass is 9.93. The highest BCUT2D eigenvalue weighted by Gasteiger charge is 2.25. The topological polar surface area (TPSA) is 51.1 Å². The largest absolute Gasteiger partial charge is 0.453 e. The Labute approximate surface area is 358 Å². The molecular weight excluding hydrogens is 757 g/mol. The Bertz CT molecular complexity index is 3460. The Balaban J connectivity index is 1.03. The van der Waals surface area contributed by atoms with E-state index >= 15 is 0 Å². The summed E-state index contributed by atoms with van der Waals surface area (Å²) in [6.07, 6.45) is 0. The van der Waals surface area contributed by atoms with E-state index in [9.17, 15) is 0 Å². The monoisotopic (exact) mass is 792 g/mol. The van der Waals surface area contributed by atoms with E-state index in [1.807, 2.05) is 42.5 Å². The minimum Gasteiger partial charge on any atom is -0.453 e. The maximum Gasteiger partial charge on any atom is 0.164 e. The van der Waals surface area contributed by atoms with Crippen molar-refractivity contribution >= 4 is 49.4 Å². The van der Waals surface area contributed by atoms with Crippen molar-refractivity contribution in [3.05, 3.63) is 218 Å². The van der Waals surface area contributed by atoms with Crippen LogP contribution in [-0.4, -0.2) is 15.0 Å². The van der Waals surface area contributed by atoms with Crippen LogP contribution in [0.5, 0.6) is 11.5 Å². The molecule has 0 saturated heterocycles. The van der Waals surface area contributed by atoms with Gasteiger partial charge >= 0.3 is 0 Å². The predicted molar refractivity (Wildman–Crippen MR) is 254 cm³/mol. The first kappa shape index (κ1) is 35.5. The van der Waals surface area contributed by atoms with E-state index in [0.717, 1.165) is 72.9 Å². The molecule has 0 spiro atoms. The standard InChI is InChI=1S/C57H36N4O/c1-2-13-39(14-3-1)55-58-56(45-25-22-37-12-4-5-15-40(37)31-45)60-57(59-55)49-35-46(34-48(36-49)44-24-23-43-30-41-16-6-7-17-42(41)32-47(43)33-44)38-26-28-50(29-27-38)61-51-18-8-10-20-53(51)62-54-21-11-9-19-52(54)61/h1-36H. The number of para-hydroxylation sites is 4. The molecule has 0 unspecified atom stereocenters. The number of hydrogen-bond acceptors (Lipinski definition) is 5. The van der Waals surface area contributed by atoms with Crippen molar-refractivity contribution in [2.75, 3.05) is 4.90 Å². The molecule has 290 valence electrons. The van der Waals surface area contributed by atoms with Gasteiger partial charge in [-0.3, -0.25) is 0 Å². The molecule has 0 amide bonds. The SMILES string of the molecule is c1ccc(-c2nc(-c3cc(-c4ccc(N5c6ccccc6Oc6ccccc65)cc4)cc(-c4ccc5cc6ccccc6cc5c4)c3)nc(-c3ccc4ccccc4c3)n2)cc1. The molecule has 62 heavy (non-hydrogen) atoms. The van der Waals surface area contributed by atoms with Crippen LogP contribution in [0.2, 0.25) is 0 Å². The Hall–Kier alpha value is -8.41. The Morgan fingerprint density at radius 3 is 1.42 bits per heavy atom. The summed E-state index contributed by atoms with van der Waals surface area (Å²) in [5, 5.41) is 7.15. The van der Waals surface area contributed by atoms with Crippen LogP contribution in [0, 0.1) is 0 Å². The van der Waals surface area contributed by atoms with E-state index in [4.69, 9.17) is 19.7 Å². The van der Waals surface area contributed by atoms with E-state index in [1.54, 1.807) is 0 Å². The number of ether oxygens (including phenoxy) is 1. The lowest BCUT2D eigenvalue weighted by Gasteiger charge is -2.32. The maximum absolute atomic E-state index is 6.31. The van der Waals surface area contributed by atoms with E-state index < -0.39 is 0 Å². The number of hydrogen-bond donors (Lipinski definition) is 0. The van der Waals surface area contributed by atoms with E-state index in [0.29, 0.717) is 17.5 Å². The highest BCUT2D eigenvalue weighted by atomic mass is 16.5. The molecular formula is C57H36N4O. The van der Waals surface area contributed by atoms with Gasteiger partial charge in [0.15, 0.2) is 29.0 Å². The summed E-state index contributed by atoms with van der Waals surface area (Å²) in [5.41, 5.74) is 10.1. The van der Waals surface area contributed by atoms with Crippen molar-refractivity contribution in [3.63, 3.8) is 0 Å². The summed E-state index contributed by atoms with van der Waals surface area (Å²) < 4.78 is 6.31. The lowest BCUT2D eigenvalue weighted by molar-refractivity contribution is 0.477. The minimum absolute atomic E-state index is 0.607. The maximum atomic E-state index is 6.31. The zero-order valence-corrected chi connectivity index (χ0v) is 33.5. The van der Waals surface area contributed by atoms with Crippen LogP contribution in [0.3, 0.4) is 0 Å². The van der Waals surface area contributed by atoms with Gasteiger partial charge in [-0.05, 0) is 133 Å². The van der Waals surface area contributed by atoms with Gasteiger partial charge in [-0.15, -0.1) is 0 Å². The molecule has 0 bridgehead atoms. The van der Waals surface area contributed by atoms with Crippen LogP contribution in [0.25, 0.3) is 88.7 Å². The second-order valence-corrected chi connectivity index (χ2v) is 15.7. The van der Waals surface area contributed by atoms with Gasteiger partial charge in [0, 0.05) is 22.4 Å². The fourth-order valence-electron chi connectivity index (χ4n) is 8.67. The molecule has 1 aliphatic rings. The van der Waals surface area contributed by atoms with Crippen LogP contribution in [-0.2, 0) is 0 Å². The van der Waals surface area contributed by atoms with Crippen molar-refractivity contribution in [2.24, 2.45) is 0 Å². The molecule has 0 aliphatic carbocycles. The molecule has 0 N–H and O–H groups in total. The third-order valence-electron chi connectivity index (χ3n) is 11.8. The highest BCUT2D eigenvalue weighted by molar-refractivity contribution is 6.00. The highest BCUT2D eigenvalue weighted by Crippen LogP contribution is 2.50. The number of benzene rings is 10. The van der Waals surface area contributed by atoms with Crippen LogP contribution in [0.15, 0.2) is 218 Å². The van der Waals surface area contributed by atoms with Crippen LogP contribution >= 0.6 is 0 Å². The molecule has 0 saturated carbocycles. The quantitative estimate of drug-likeness (QED) is 0.157. The molecule has 10 aromatic carbocycles. The molecule has 11 aromatic rings. The fourth-order valence-corrected chi connectivity index (χ4v) is 8.67.